The zero-order chi connectivity index (χ0) is 9.61. The van der Waals surface area contributed by atoms with E-state index in [0.717, 1.165) is 6.54 Å². The van der Waals surface area contributed by atoms with Gasteiger partial charge in [0.25, 0.3) is 0 Å². The maximum Gasteiger partial charge on any atom is 0.243 e. The van der Waals surface area contributed by atoms with Crippen LogP contribution in [0.25, 0.3) is 0 Å². The minimum atomic E-state index is -0.110. The number of carbonyl (C=O) groups excluding carboxylic acids is 1. The standard InChI is InChI=1S/C9H18N2O/c1-5-11-9(2,3)7-6-8(12)10-4/h6-7,11H,5H2,1-4H3,(H,10,12). The van der Waals surface area contributed by atoms with Gasteiger partial charge >= 0.3 is 0 Å². The van der Waals surface area contributed by atoms with Crippen LogP contribution in [0, 0.1) is 0 Å². The van der Waals surface area contributed by atoms with E-state index in [-0.39, 0.29) is 11.4 Å². The predicted octanol–water partition coefficient (Wildman–Crippen LogP) is 0.677. The van der Waals surface area contributed by atoms with Gasteiger partial charge in [-0.2, -0.15) is 0 Å². The second-order valence-corrected chi connectivity index (χ2v) is 3.20. The van der Waals surface area contributed by atoms with Crippen molar-refractivity contribution in [1.29, 1.82) is 0 Å². The van der Waals surface area contributed by atoms with Gasteiger partial charge in [0.2, 0.25) is 5.91 Å². The molecule has 0 aliphatic carbocycles. The Morgan fingerprint density at radius 3 is 2.50 bits per heavy atom. The molecule has 0 bridgehead atoms. The Bertz CT molecular complexity index is 173. The van der Waals surface area contributed by atoms with Crippen LogP contribution in [-0.2, 0) is 4.79 Å². The van der Waals surface area contributed by atoms with Gasteiger partial charge in [-0.25, -0.2) is 0 Å². The predicted molar refractivity (Wildman–Crippen MR) is 51.0 cm³/mol. The summed E-state index contributed by atoms with van der Waals surface area (Å²) in [5, 5.41) is 5.76. The molecule has 0 fully saturated rings. The smallest absolute Gasteiger partial charge is 0.243 e. The molecule has 0 aromatic rings. The van der Waals surface area contributed by atoms with Crippen LogP contribution in [0.1, 0.15) is 20.8 Å². The first-order chi connectivity index (χ1) is 5.52. The summed E-state index contributed by atoms with van der Waals surface area (Å²) < 4.78 is 0. The van der Waals surface area contributed by atoms with Crippen LogP contribution in [-0.4, -0.2) is 25.0 Å². The van der Waals surface area contributed by atoms with Crippen molar-refractivity contribution in [3.63, 3.8) is 0 Å². The molecule has 0 radical (unpaired) electrons. The summed E-state index contributed by atoms with van der Waals surface area (Å²) in [7, 11) is 1.62. The third-order valence-corrected chi connectivity index (χ3v) is 1.53. The van der Waals surface area contributed by atoms with Gasteiger partial charge in [0.1, 0.15) is 0 Å². The second kappa shape index (κ2) is 4.93. The Morgan fingerprint density at radius 1 is 1.50 bits per heavy atom. The fourth-order valence-electron chi connectivity index (χ4n) is 0.882. The first-order valence-corrected chi connectivity index (χ1v) is 4.18. The minimum Gasteiger partial charge on any atom is -0.356 e. The van der Waals surface area contributed by atoms with Gasteiger partial charge < -0.3 is 10.6 Å². The van der Waals surface area contributed by atoms with Gasteiger partial charge in [-0.3, -0.25) is 4.79 Å². The quantitative estimate of drug-likeness (QED) is 0.609. The average molecular weight is 170 g/mol. The highest BCUT2D eigenvalue weighted by molar-refractivity contribution is 5.87. The van der Waals surface area contributed by atoms with Gasteiger partial charge in [-0.15, -0.1) is 0 Å². The molecule has 0 aromatic heterocycles. The van der Waals surface area contributed by atoms with Crippen molar-refractivity contribution >= 4 is 5.91 Å². The zero-order valence-electron chi connectivity index (χ0n) is 8.27. The number of amides is 1. The first-order valence-electron chi connectivity index (χ1n) is 4.18. The van der Waals surface area contributed by atoms with Crippen LogP contribution in [0.5, 0.6) is 0 Å². The molecule has 70 valence electrons. The van der Waals surface area contributed by atoms with Crippen LogP contribution in [0.15, 0.2) is 12.2 Å². The Morgan fingerprint density at radius 2 is 2.08 bits per heavy atom. The van der Waals surface area contributed by atoms with Crippen molar-refractivity contribution < 1.29 is 4.79 Å². The van der Waals surface area contributed by atoms with Crippen molar-refractivity contribution in [2.24, 2.45) is 0 Å². The van der Waals surface area contributed by atoms with E-state index >= 15 is 0 Å². The molecule has 3 nitrogen and oxygen atoms in total. The van der Waals surface area contributed by atoms with Gasteiger partial charge in [-0.05, 0) is 20.4 Å². The molecule has 0 heterocycles. The Balaban J connectivity index is 4.03. The summed E-state index contributed by atoms with van der Waals surface area (Å²) in [4.78, 5) is 10.8. The molecule has 0 saturated heterocycles. The SMILES string of the molecule is CCNC(C)(C)C=CC(=O)NC. The number of hydrogen-bond acceptors (Lipinski definition) is 2. The molecule has 12 heavy (non-hydrogen) atoms. The maximum atomic E-state index is 10.8. The van der Waals surface area contributed by atoms with E-state index < -0.39 is 0 Å². The highest BCUT2D eigenvalue weighted by atomic mass is 16.1. The molecule has 3 heteroatoms. The molecule has 0 rings (SSSR count). The summed E-state index contributed by atoms with van der Waals surface area (Å²) in [6, 6.07) is 0. The van der Waals surface area contributed by atoms with Gasteiger partial charge in [0.05, 0.1) is 0 Å². The lowest BCUT2D eigenvalue weighted by atomic mass is 10.1. The van der Waals surface area contributed by atoms with E-state index in [0.29, 0.717) is 0 Å². The van der Waals surface area contributed by atoms with Crippen LogP contribution in [0.4, 0.5) is 0 Å². The van der Waals surface area contributed by atoms with E-state index in [9.17, 15) is 4.79 Å². The second-order valence-electron chi connectivity index (χ2n) is 3.20. The lowest BCUT2D eigenvalue weighted by Gasteiger charge is -2.20. The highest BCUT2D eigenvalue weighted by Crippen LogP contribution is 2.02. The van der Waals surface area contributed by atoms with E-state index in [1.165, 1.54) is 0 Å². The number of nitrogens with one attached hydrogen (secondary N) is 2. The summed E-state index contributed by atoms with van der Waals surface area (Å²) in [5.74, 6) is -0.0685. The van der Waals surface area contributed by atoms with Crippen LogP contribution >= 0.6 is 0 Å². The molecule has 0 saturated carbocycles. The van der Waals surface area contributed by atoms with E-state index in [2.05, 4.69) is 10.6 Å². The lowest BCUT2D eigenvalue weighted by molar-refractivity contribution is -0.116. The number of likely N-dealkylation sites (N-methyl/N-ethyl adjacent to an activating group) is 2. The first kappa shape index (κ1) is 11.2. The highest BCUT2D eigenvalue weighted by Gasteiger charge is 2.10. The van der Waals surface area contributed by atoms with Crippen molar-refractivity contribution in [3.05, 3.63) is 12.2 Å². The number of rotatable bonds is 4. The Labute approximate surface area is 74.2 Å². The van der Waals surface area contributed by atoms with E-state index in [4.69, 9.17) is 0 Å². The third-order valence-electron chi connectivity index (χ3n) is 1.53. The molecule has 0 spiro atoms. The summed E-state index contributed by atoms with van der Waals surface area (Å²) in [6.07, 6.45) is 3.40. The average Bonchev–Trinajstić information content (AvgIpc) is 2.00. The van der Waals surface area contributed by atoms with Crippen LogP contribution < -0.4 is 10.6 Å². The van der Waals surface area contributed by atoms with Crippen LogP contribution in [0.3, 0.4) is 0 Å². The number of carbonyl (C=O) groups is 1. The molecule has 0 aliphatic heterocycles. The normalized spacial score (nSPS) is 12.0. The zero-order valence-corrected chi connectivity index (χ0v) is 8.27. The molecule has 0 atom stereocenters. The maximum absolute atomic E-state index is 10.8. The van der Waals surface area contributed by atoms with Crippen molar-refractivity contribution in [2.45, 2.75) is 26.3 Å². The van der Waals surface area contributed by atoms with Crippen molar-refractivity contribution in [2.75, 3.05) is 13.6 Å². The fourth-order valence-corrected chi connectivity index (χ4v) is 0.882. The fraction of sp³-hybridized carbons (Fsp3) is 0.667. The number of hydrogen-bond donors (Lipinski definition) is 2. The molecule has 0 unspecified atom stereocenters. The molecule has 0 aromatic carbocycles. The van der Waals surface area contributed by atoms with E-state index in [1.54, 1.807) is 13.1 Å². The lowest BCUT2D eigenvalue weighted by Crippen LogP contribution is -2.37. The molecular formula is C9H18N2O. The van der Waals surface area contributed by atoms with E-state index in [1.807, 2.05) is 26.8 Å². The minimum absolute atomic E-state index is 0.0685. The third kappa shape index (κ3) is 4.91. The molecular weight excluding hydrogens is 152 g/mol. The molecule has 0 aliphatic rings. The summed E-state index contributed by atoms with van der Waals surface area (Å²) >= 11 is 0. The topological polar surface area (TPSA) is 41.1 Å². The molecule has 1 amide bonds. The van der Waals surface area contributed by atoms with Crippen molar-refractivity contribution in [3.8, 4) is 0 Å². The van der Waals surface area contributed by atoms with Crippen LogP contribution in [0.2, 0.25) is 0 Å². The van der Waals surface area contributed by atoms with Gasteiger partial charge in [0.15, 0.2) is 0 Å². The molecule has 2 N–H and O–H groups in total. The largest absolute Gasteiger partial charge is 0.356 e. The summed E-state index contributed by atoms with van der Waals surface area (Å²) in [5.41, 5.74) is -0.110. The van der Waals surface area contributed by atoms with Crippen molar-refractivity contribution in [1.82, 2.24) is 10.6 Å². The van der Waals surface area contributed by atoms with Gasteiger partial charge in [-0.1, -0.05) is 13.0 Å². The van der Waals surface area contributed by atoms with Gasteiger partial charge in [0, 0.05) is 18.7 Å². The monoisotopic (exact) mass is 170 g/mol. The summed E-state index contributed by atoms with van der Waals surface area (Å²) in [6.45, 7) is 6.98. The Kier molecular flexibility index (Phi) is 4.59. The Hall–Kier alpha value is -0.830.